The summed E-state index contributed by atoms with van der Waals surface area (Å²) in [6.45, 7) is -0.513. The number of aliphatic hydroxyl groups excluding tert-OH is 4. The van der Waals surface area contributed by atoms with Crippen molar-refractivity contribution in [1.29, 1.82) is 5.41 Å². The van der Waals surface area contributed by atoms with E-state index < -0.39 is 43.0 Å². The first-order valence-corrected chi connectivity index (χ1v) is 6.66. The molecular weight excluding hydrogens is 276 g/mol. The summed E-state index contributed by atoms with van der Waals surface area (Å²) in [5.74, 6) is -1.01. The van der Waals surface area contributed by atoms with Crippen LogP contribution >= 0.6 is 0 Å². The summed E-state index contributed by atoms with van der Waals surface area (Å²) in [4.78, 5) is 0. The fourth-order valence-electron chi connectivity index (χ4n) is 2.61. The number of hydrogen-bond acceptors (Lipinski definition) is 6. The Morgan fingerprint density at radius 1 is 1.14 bits per heavy atom. The maximum atomic E-state index is 10.1. The van der Waals surface area contributed by atoms with Crippen molar-refractivity contribution in [1.82, 2.24) is 0 Å². The van der Waals surface area contributed by atoms with Crippen molar-refractivity contribution < 1.29 is 25.2 Å². The average molecular weight is 296 g/mol. The zero-order valence-electron chi connectivity index (χ0n) is 11.3. The van der Waals surface area contributed by atoms with Crippen molar-refractivity contribution in [3.8, 4) is 0 Å². The molecule has 116 valence electrons. The molecule has 0 radical (unpaired) electrons. The minimum atomic E-state index is -1.48. The number of rotatable bonds is 4. The monoisotopic (exact) mass is 296 g/mol. The number of benzene rings is 1. The van der Waals surface area contributed by atoms with E-state index in [4.69, 9.17) is 15.9 Å². The molecule has 21 heavy (non-hydrogen) atoms. The number of amidine groups is 1. The standard InChI is InChI=1S/C14H20N2O5/c15-14(16)9(7-4-2-1-3-5-7)13-12(20)11(19)10(18)8(6-17)21-13/h1-5,8-13,17-20H,6H2,(H3,15,16)/t8-,9?,10-,11+,12+,13-/m1/s1. The van der Waals surface area contributed by atoms with Crippen molar-refractivity contribution in [2.24, 2.45) is 5.73 Å². The lowest BCUT2D eigenvalue weighted by molar-refractivity contribution is -0.230. The fourth-order valence-corrected chi connectivity index (χ4v) is 2.61. The molecule has 1 aromatic carbocycles. The van der Waals surface area contributed by atoms with Gasteiger partial charge in [-0.15, -0.1) is 0 Å². The van der Waals surface area contributed by atoms with Gasteiger partial charge in [-0.2, -0.15) is 0 Å². The van der Waals surface area contributed by atoms with Crippen molar-refractivity contribution in [2.45, 2.75) is 36.4 Å². The van der Waals surface area contributed by atoms with Crippen LogP contribution in [0.1, 0.15) is 11.5 Å². The molecule has 1 heterocycles. The summed E-state index contributed by atoms with van der Waals surface area (Å²) in [5, 5.41) is 46.7. The van der Waals surface area contributed by atoms with Crippen molar-refractivity contribution in [3.63, 3.8) is 0 Å². The van der Waals surface area contributed by atoms with Crippen LogP contribution in [0.5, 0.6) is 0 Å². The Bertz CT molecular complexity index is 482. The van der Waals surface area contributed by atoms with Gasteiger partial charge >= 0.3 is 0 Å². The first-order chi connectivity index (χ1) is 9.97. The molecule has 0 saturated carbocycles. The molecular formula is C14H20N2O5. The van der Waals surface area contributed by atoms with Crippen LogP contribution in [0.4, 0.5) is 0 Å². The Hall–Kier alpha value is -1.51. The lowest BCUT2D eigenvalue weighted by Gasteiger charge is -2.43. The summed E-state index contributed by atoms with van der Waals surface area (Å²) in [6, 6.07) is 8.78. The predicted molar refractivity (Wildman–Crippen MR) is 74.9 cm³/mol. The summed E-state index contributed by atoms with van der Waals surface area (Å²) in [6.07, 6.45) is -6.37. The first-order valence-electron chi connectivity index (χ1n) is 6.66. The SMILES string of the molecule is N=C(N)C(c1ccccc1)[C@H]1O[C@H](CO)[C@@H](O)[C@H](O)[C@@H]1O. The van der Waals surface area contributed by atoms with Crippen LogP contribution in [-0.2, 0) is 4.74 Å². The summed E-state index contributed by atoms with van der Waals surface area (Å²) in [7, 11) is 0. The van der Waals surface area contributed by atoms with Crippen LogP contribution in [0.25, 0.3) is 0 Å². The van der Waals surface area contributed by atoms with Crippen LogP contribution in [0.3, 0.4) is 0 Å². The molecule has 7 nitrogen and oxygen atoms in total. The van der Waals surface area contributed by atoms with Gasteiger partial charge in [0.25, 0.3) is 0 Å². The van der Waals surface area contributed by atoms with E-state index in [9.17, 15) is 20.4 Å². The van der Waals surface area contributed by atoms with E-state index in [1.54, 1.807) is 30.3 Å². The molecule has 0 aliphatic carbocycles. The van der Waals surface area contributed by atoms with Gasteiger partial charge in [0.2, 0.25) is 0 Å². The Kier molecular flexibility index (Phi) is 4.92. The van der Waals surface area contributed by atoms with E-state index in [-0.39, 0.29) is 5.84 Å². The molecule has 2 rings (SSSR count). The van der Waals surface area contributed by atoms with E-state index in [1.165, 1.54) is 0 Å². The van der Waals surface area contributed by atoms with Gasteiger partial charge in [-0.1, -0.05) is 30.3 Å². The molecule has 1 aliphatic rings. The van der Waals surface area contributed by atoms with E-state index in [0.717, 1.165) is 0 Å². The van der Waals surface area contributed by atoms with E-state index in [2.05, 4.69) is 0 Å². The molecule has 0 bridgehead atoms. The van der Waals surface area contributed by atoms with Crippen molar-refractivity contribution in [3.05, 3.63) is 35.9 Å². The third-order valence-corrected chi connectivity index (χ3v) is 3.75. The number of hydrogen-bond donors (Lipinski definition) is 6. The van der Waals surface area contributed by atoms with Gasteiger partial charge in [0.15, 0.2) is 0 Å². The number of nitrogens with one attached hydrogen (secondary N) is 1. The minimum Gasteiger partial charge on any atom is -0.394 e. The quantitative estimate of drug-likeness (QED) is 0.297. The van der Waals surface area contributed by atoms with Gasteiger partial charge < -0.3 is 30.9 Å². The normalized spacial score (nSPS) is 34.4. The van der Waals surface area contributed by atoms with Gasteiger partial charge in [0, 0.05) is 0 Å². The van der Waals surface area contributed by atoms with Crippen LogP contribution in [-0.4, -0.2) is 63.4 Å². The second-order valence-corrected chi connectivity index (χ2v) is 5.14. The zero-order valence-corrected chi connectivity index (χ0v) is 11.3. The number of nitrogens with two attached hydrogens (primary N) is 1. The van der Waals surface area contributed by atoms with E-state index in [1.807, 2.05) is 0 Å². The largest absolute Gasteiger partial charge is 0.394 e. The highest BCUT2D eigenvalue weighted by Crippen LogP contribution is 2.31. The van der Waals surface area contributed by atoms with Crippen LogP contribution in [0, 0.1) is 5.41 Å². The molecule has 6 atom stereocenters. The maximum absolute atomic E-state index is 10.1. The summed E-state index contributed by atoms with van der Waals surface area (Å²) in [5.41, 5.74) is 6.26. The van der Waals surface area contributed by atoms with Crippen LogP contribution < -0.4 is 5.73 Å². The van der Waals surface area contributed by atoms with Gasteiger partial charge in [0.05, 0.1) is 12.5 Å². The highest BCUT2D eigenvalue weighted by atomic mass is 16.5. The Morgan fingerprint density at radius 3 is 2.29 bits per heavy atom. The molecule has 1 saturated heterocycles. The van der Waals surface area contributed by atoms with Crippen LogP contribution in [0.15, 0.2) is 30.3 Å². The second-order valence-electron chi connectivity index (χ2n) is 5.14. The molecule has 0 aromatic heterocycles. The molecule has 1 aliphatic heterocycles. The molecule has 0 amide bonds. The Labute approximate surface area is 122 Å². The molecule has 1 fully saturated rings. The smallest absolute Gasteiger partial charge is 0.111 e. The summed E-state index contributed by atoms with van der Waals surface area (Å²) >= 11 is 0. The molecule has 7 heteroatoms. The molecule has 0 spiro atoms. The first kappa shape index (κ1) is 15.9. The van der Waals surface area contributed by atoms with Gasteiger partial charge in [0.1, 0.15) is 36.4 Å². The number of ether oxygens (including phenoxy) is 1. The van der Waals surface area contributed by atoms with Crippen LogP contribution in [0.2, 0.25) is 0 Å². The molecule has 1 unspecified atom stereocenters. The predicted octanol–water partition coefficient (Wildman–Crippen LogP) is -1.45. The average Bonchev–Trinajstić information content (AvgIpc) is 2.48. The third kappa shape index (κ3) is 3.07. The zero-order chi connectivity index (χ0) is 15.6. The Balaban J connectivity index is 2.33. The minimum absolute atomic E-state index is 0.231. The maximum Gasteiger partial charge on any atom is 0.111 e. The van der Waals surface area contributed by atoms with E-state index >= 15 is 0 Å². The highest BCUT2D eigenvalue weighted by molar-refractivity contribution is 5.85. The molecule has 1 aromatic rings. The second kappa shape index (κ2) is 6.50. The van der Waals surface area contributed by atoms with Crippen molar-refractivity contribution >= 4 is 5.84 Å². The number of aliphatic hydroxyl groups is 4. The fraction of sp³-hybridized carbons (Fsp3) is 0.500. The van der Waals surface area contributed by atoms with E-state index in [0.29, 0.717) is 5.56 Å². The molecule has 7 N–H and O–H groups in total. The topological polar surface area (TPSA) is 140 Å². The Morgan fingerprint density at radius 2 is 1.76 bits per heavy atom. The lowest BCUT2D eigenvalue weighted by atomic mass is 9.83. The summed E-state index contributed by atoms with van der Waals surface area (Å²) < 4.78 is 5.48. The van der Waals surface area contributed by atoms with Gasteiger partial charge in [-0.05, 0) is 5.56 Å². The highest BCUT2D eigenvalue weighted by Gasteiger charge is 2.47. The lowest BCUT2D eigenvalue weighted by Crippen LogP contribution is -2.61. The third-order valence-electron chi connectivity index (χ3n) is 3.75. The van der Waals surface area contributed by atoms with Crippen molar-refractivity contribution in [2.75, 3.05) is 6.61 Å². The van der Waals surface area contributed by atoms with Gasteiger partial charge in [-0.25, -0.2) is 0 Å². The van der Waals surface area contributed by atoms with Gasteiger partial charge in [-0.3, -0.25) is 5.41 Å².